The van der Waals surface area contributed by atoms with Crippen LogP contribution in [-0.2, 0) is 5.60 Å². The second kappa shape index (κ2) is 3.42. The summed E-state index contributed by atoms with van der Waals surface area (Å²) in [6.45, 7) is 5.28. The Bertz CT molecular complexity index is 274. The van der Waals surface area contributed by atoms with Gasteiger partial charge in [-0.1, -0.05) is 40.7 Å². The highest BCUT2D eigenvalue weighted by atomic mass is 79.9. The zero-order valence-electron chi connectivity index (χ0n) is 6.92. The second-order valence-electron chi connectivity index (χ2n) is 2.86. The van der Waals surface area contributed by atoms with Gasteiger partial charge in [0, 0.05) is 4.47 Å². The first-order chi connectivity index (χ1) is 5.56. The molecule has 0 amide bonds. The van der Waals surface area contributed by atoms with Crippen LogP contribution in [0, 0.1) is 0 Å². The Morgan fingerprint density at radius 2 is 1.92 bits per heavy atom. The summed E-state index contributed by atoms with van der Waals surface area (Å²) in [5, 5.41) is 9.75. The minimum Gasteiger partial charge on any atom is -0.381 e. The highest BCUT2D eigenvalue weighted by molar-refractivity contribution is 9.10. The van der Waals surface area contributed by atoms with E-state index in [1.165, 1.54) is 6.08 Å². The van der Waals surface area contributed by atoms with Crippen LogP contribution in [0.1, 0.15) is 12.5 Å². The van der Waals surface area contributed by atoms with Gasteiger partial charge in [0.2, 0.25) is 0 Å². The van der Waals surface area contributed by atoms with Crippen LogP contribution in [-0.4, -0.2) is 5.11 Å². The molecule has 0 radical (unpaired) electrons. The van der Waals surface area contributed by atoms with Gasteiger partial charge in [0.1, 0.15) is 5.60 Å². The maximum absolute atomic E-state index is 9.75. The summed E-state index contributed by atoms with van der Waals surface area (Å²) in [6, 6.07) is 7.53. The number of hydrogen-bond acceptors (Lipinski definition) is 1. The highest BCUT2D eigenvalue weighted by Crippen LogP contribution is 2.22. The first-order valence-electron chi connectivity index (χ1n) is 3.68. The van der Waals surface area contributed by atoms with Crippen LogP contribution in [0.25, 0.3) is 0 Å². The topological polar surface area (TPSA) is 20.2 Å². The van der Waals surface area contributed by atoms with E-state index in [1.54, 1.807) is 6.92 Å². The largest absolute Gasteiger partial charge is 0.381 e. The number of aliphatic hydroxyl groups is 1. The molecule has 0 spiro atoms. The molecular weight excluding hydrogens is 216 g/mol. The fourth-order valence-electron chi connectivity index (χ4n) is 0.905. The monoisotopic (exact) mass is 226 g/mol. The summed E-state index contributed by atoms with van der Waals surface area (Å²) < 4.78 is 1.01. The number of hydrogen-bond donors (Lipinski definition) is 1. The van der Waals surface area contributed by atoms with Crippen molar-refractivity contribution in [3.8, 4) is 0 Å². The minimum atomic E-state index is -0.930. The maximum Gasteiger partial charge on any atom is 0.105 e. The standard InChI is InChI=1S/C10H11BrO/c1-3-10(2,12)8-4-6-9(11)7-5-8/h3-7,12H,1H2,2H3. The van der Waals surface area contributed by atoms with E-state index in [4.69, 9.17) is 0 Å². The Hall–Kier alpha value is -0.600. The summed E-state index contributed by atoms with van der Waals surface area (Å²) >= 11 is 3.33. The van der Waals surface area contributed by atoms with E-state index in [2.05, 4.69) is 22.5 Å². The molecule has 1 nitrogen and oxygen atoms in total. The van der Waals surface area contributed by atoms with Crippen LogP contribution in [0.2, 0.25) is 0 Å². The van der Waals surface area contributed by atoms with E-state index in [-0.39, 0.29) is 0 Å². The number of benzene rings is 1. The minimum absolute atomic E-state index is 0.848. The van der Waals surface area contributed by atoms with Crippen LogP contribution in [0.4, 0.5) is 0 Å². The van der Waals surface area contributed by atoms with Gasteiger partial charge in [-0.3, -0.25) is 0 Å². The van der Waals surface area contributed by atoms with Crippen LogP contribution in [0.15, 0.2) is 41.4 Å². The van der Waals surface area contributed by atoms with Gasteiger partial charge in [-0.05, 0) is 24.6 Å². The zero-order chi connectivity index (χ0) is 9.19. The van der Waals surface area contributed by atoms with Gasteiger partial charge in [0.05, 0.1) is 0 Å². The predicted molar refractivity (Wildman–Crippen MR) is 53.9 cm³/mol. The third-order valence-corrected chi connectivity index (χ3v) is 2.35. The molecule has 0 aliphatic carbocycles. The molecule has 12 heavy (non-hydrogen) atoms. The Labute approximate surface area is 80.9 Å². The van der Waals surface area contributed by atoms with Crippen LogP contribution in [0.3, 0.4) is 0 Å². The van der Waals surface area contributed by atoms with Crippen molar-refractivity contribution in [2.45, 2.75) is 12.5 Å². The zero-order valence-corrected chi connectivity index (χ0v) is 8.51. The van der Waals surface area contributed by atoms with E-state index >= 15 is 0 Å². The van der Waals surface area contributed by atoms with Gasteiger partial charge in [-0.15, -0.1) is 0 Å². The van der Waals surface area contributed by atoms with Crippen molar-refractivity contribution in [1.82, 2.24) is 0 Å². The highest BCUT2D eigenvalue weighted by Gasteiger charge is 2.17. The van der Waals surface area contributed by atoms with Crippen LogP contribution in [0.5, 0.6) is 0 Å². The third kappa shape index (κ3) is 1.96. The molecule has 1 N–H and O–H groups in total. The molecule has 1 aromatic carbocycles. The first kappa shape index (κ1) is 9.49. The number of halogens is 1. The van der Waals surface area contributed by atoms with Gasteiger partial charge in [-0.2, -0.15) is 0 Å². The molecule has 0 heterocycles. The molecular formula is C10H11BrO. The van der Waals surface area contributed by atoms with Crippen molar-refractivity contribution in [1.29, 1.82) is 0 Å². The molecule has 0 aromatic heterocycles. The Balaban J connectivity index is 3.04. The lowest BCUT2D eigenvalue weighted by atomic mass is 9.97. The third-order valence-electron chi connectivity index (χ3n) is 1.83. The molecule has 1 aromatic rings. The quantitative estimate of drug-likeness (QED) is 0.770. The molecule has 0 fully saturated rings. The van der Waals surface area contributed by atoms with Crippen molar-refractivity contribution < 1.29 is 5.11 Å². The second-order valence-corrected chi connectivity index (χ2v) is 3.77. The molecule has 0 aliphatic heterocycles. The lowest BCUT2D eigenvalue weighted by Gasteiger charge is -2.18. The maximum atomic E-state index is 9.75. The van der Waals surface area contributed by atoms with E-state index in [1.807, 2.05) is 24.3 Å². The predicted octanol–water partition coefficient (Wildman–Crippen LogP) is 2.84. The van der Waals surface area contributed by atoms with Crippen molar-refractivity contribution >= 4 is 15.9 Å². The van der Waals surface area contributed by atoms with Gasteiger partial charge >= 0.3 is 0 Å². The van der Waals surface area contributed by atoms with Gasteiger partial charge in [0.15, 0.2) is 0 Å². The number of rotatable bonds is 2. The molecule has 1 rings (SSSR count). The first-order valence-corrected chi connectivity index (χ1v) is 4.47. The van der Waals surface area contributed by atoms with Crippen LogP contribution >= 0.6 is 15.9 Å². The fourth-order valence-corrected chi connectivity index (χ4v) is 1.17. The Kier molecular flexibility index (Phi) is 2.70. The van der Waals surface area contributed by atoms with Crippen LogP contribution < -0.4 is 0 Å². The van der Waals surface area contributed by atoms with Crippen molar-refractivity contribution in [3.63, 3.8) is 0 Å². The molecule has 0 bridgehead atoms. The lowest BCUT2D eigenvalue weighted by molar-refractivity contribution is 0.111. The Morgan fingerprint density at radius 3 is 2.33 bits per heavy atom. The van der Waals surface area contributed by atoms with Crippen molar-refractivity contribution in [3.05, 3.63) is 47.0 Å². The van der Waals surface area contributed by atoms with E-state index in [0.717, 1.165) is 10.0 Å². The lowest BCUT2D eigenvalue weighted by Crippen LogP contribution is -2.16. The van der Waals surface area contributed by atoms with Gasteiger partial charge in [-0.25, -0.2) is 0 Å². The molecule has 1 atom stereocenters. The smallest absolute Gasteiger partial charge is 0.105 e. The normalized spacial score (nSPS) is 15.2. The SMILES string of the molecule is C=CC(C)(O)c1ccc(Br)cc1. The van der Waals surface area contributed by atoms with Gasteiger partial charge < -0.3 is 5.11 Å². The summed E-state index contributed by atoms with van der Waals surface area (Å²) in [5.41, 5.74) is -0.0820. The van der Waals surface area contributed by atoms with Gasteiger partial charge in [0.25, 0.3) is 0 Å². The fraction of sp³-hybridized carbons (Fsp3) is 0.200. The summed E-state index contributed by atoms with van der Waals surface area (Å²) in [4.78, 5) is 0. The summed E-state index contributed by atoms with van der Waals surface area (Å²) in [6.07, 6.45) is 1.52. The van der Waals surface area contributed by atoms with Crippen molar-refractivity contribution in [2.75, 3.05) is 0 Å². The van der Waals surface area contributed by atoms with E-state index in [9.17, 15) is 5.11 Å². The average Bonchev–Trinajstić information content (AvgIpc) is 2.05. The molecule has 0 saturated heterocycles. The Morgan fingerprint density at radius 1 is 1.42 bits per heavy atom. The molecule has 2 heteroatoms. The van der Waals surface area contributed by atoms with Crippen molar-refractivity contribution in [2.24, 2.45) is 0 Å². The molecule has 64 valence electrons. The molecule has 0 saturated carbocycles. The summed E-state index contributed by atoms with van der Waals surface area (Å²) in [5.74, 6) is 0. The molecule has 0 aliphatic rings. The average molecular weight is 227 g/mol. The van der Waals surface area contributed by atoms with E-state index in [0.29, 0.717) is 0 Å². The van der Waals surface area contributed by atoms with E-state index < -0.39 is 5.60 Å². The summed E-state index contributed by atoms with van der Waals surface area (Å²) in [7, 11) is 0. The molecule has 1 unspecified atom stereocenters.